The molecule has 7 N–H and O–H groups in total. The Balaban J connectivity index is 1.72. The Labute approximate surface area is 427 Å². The molecule has 2 saturated heterocycles. The quantitative estimate of drug-likeness (QED) is 0.0173. The number of ether oxygens (including phenoxy) is 6. The summed E-state index contributed by atoms with van der Waals surface area (Å²) in [6.07, 6.45) is 38.2. The van der Waals surface area contributed by atoms with Crippen molar-refractivity contribution in [2.45, 2.75) is 248 Å². The molecule has 2 aliphatic heterocycles. The molecule has 2 aliphatic rings. The van der Waals surface area contributed by atoms with Gasteiger partial charge in [-0.05, 0) is 83.5 Å². The summed E-state index contributed by atoms with van der Waals surface area (Å²) in [5, 5.41) is 72.2. The Morgan fingerprint density at radius 3 is 1.45 bits per heavy atom. The van der Waals surface area contributed by atoms with Gasteiger partial charge in [-0.25, -0.2) is 0 Å². The van der Waals surface area contributed by atoms with E-state index in [1.165, 1.54) is 57.8 Å². The normalized spacial score (nSPS) is 25.9. The van der Waals surface area contributed by atoms with Crippen LogP contribution in [0.2, 0.25) is 0 Å². The first kappa shape index (κ1) is 64.5. The molecule has 0 aromatic carbocycles. The molecular weight excluding hydrogens is 909 g/mol. The molecule has 11 unspecified atom stereocenters. The van der Waals surface area contributed by atoms with Gasteiger partial charge in [-0.2, -0.15) is 0 Å². The minimum Gasteiger partial charge on any atom is -0.457 e. The molecule has 0 amide bonds. The first-order valence-corrected chi connectivity index (χ1v) is 27.5. The van der Waals surface area contributed by atoms with Crippen LogP contribution >= 0.6 is 0 Å². The Morgan fingerprint density at radius 2 is 0.915 bits per heavy atom. The van der Waals surface area contributed by atoms with Crippen LogP contribution in [-0.4, -0.2) is 142 Å². The molecule has 0 saturated carbocycles. The van der Waals surface area contributed by atoms with Gasteiger partial charge in [0.2, 0.25) is 0 Å². The van der Waals surface area contributed by atoms with E-state index in [2.05, 4.69) is 86.8 Å². The third kappa shape index (κ3) is 31.0. The number of unbranched alkanes of at least 4 members (excludes halogenated alkanes) is 17. The number of carbonyl (C=O) groups excluding carboxylic acids is 1. The highest BCUT2D eigenvalue weighted by Gasteiger charge is 2.47. The van der Waals surface area contributed by atoms with E-state index in [1.54, 1.807) is 0 Å². The summed E-state index contributed by atoms with van der Waals surface area (Å²) in [4.78, 5) is 13.0. The lowest BCUT2D eigenvalue weighted by Gasteiger charge is -2.42. The van der Waals surface area contributed by atoms with Crippen molar-refractivity contribution in [3.05, 3.63) is 72.9 Å². The largest absolute Gasteiger partial charge is 0.457 e. The number of hydrogen-bond donors (Lipinski definition) is 7. The molecule has 71 heavy (non-hydrogen) atoms. The molecule has 2 rings (SSSR count). The maximum absolute atomic E-state index is 13.0. The zero-order chi connectivity index (χ0) is 51.6. The zero-order valence-electron chi connectivity index (χ0n) is 43.7. The predicted molar refractivity (Wildman–Crippen MR) is 279 cm³/mol. The minimum absolute atomic E-state index is 0.0490. The van der Waals surface area contributed by atoms with Crippen molar-refractivity contribution in [1.82, 2.24) is 0 Å². The van der Waals surface area contributed by atoms with Crippen LogP contribution in [0.5, 0.6) is 0 Å². The third-order valence-electron chi connectivity index (χ3n) is 12.7. The second kappa shape index (κ2) is 43.8. The van der Waals surface area contributed by atoms with Crippen molar-refractivity contribution in [3.63, 3.8) is 0 Å². The fourth-order valence-corrected chi connectivity index (χ4v) is 8.25. The third-order valence-corrected chi connectivity index (χ3v) is 12.7. The molecule has 0 radical (unpaired) electrons. The van der Waals surface area contributed by atoms with E-state index in [0.717, 1.165) is 96.3 Å². The molecule has 0 spiro atoms. The monoisotopic (exact) mass is 1010 g/mol. The van der Waals surface area contributed by atoms with E-state index in [-0.39, 0.29) is 19.6 Å². The summed E-state index contributed by atoms with van der Waals surface area (Å²) in [6.45, 7) is 3.52. The van der Waals surface area contributed by atoms with Crippen LogP contribution in [0, 0.1) is 0 Å². The summed E-state index contributed by atoms with van der Waals surface area (Å²) in [5.74, 6) is -0.391. The zero-order valence-corrected chi connectivity index (χ0v) is 43.7. The lowest BCUT2D eigenvalue weighted by molar-refractivity contribution is -0.332. The number of aliphatic hydroxyl groups is 7. The molecule has 14 nitrogen and oxygen atoms in total. The Kier molecular flexibility index (Phi) is 39.8. The lowest BCUT2D eigenvalue weighted by Crippen LogP contribution is -2.61. The van der Waals surface area contributed by atoms with Gasteiger partial charge in [-0.1, -0.05) is 164 Å². The second-order valence-electron chi connectivity index (χ2n) is 19.0. The van der Waals surface area contributed by atoms with Gasteiger partial charge in [0.1, 0.15) is 54.9 Å². The average molecular weight is 1010 g/mol. The molecule has 2 fully saturated rings. The maximum atomic E-state index is 13.0. The van der Waals surface area contributed by atoms with Gasteiger partial charge in [0, 0.05) is 13.0 Å². The highest BCUT2D eigenvalue weighted by Crippen LogP contribution is 2.26. The molecule has 410 valence electrons. The number of allylic oxidation sites excluding steroid dienone is 12. The van der Waals surface area contributed by atoms with Crippen molar-refractivity contribution >= 4 is 5.97 Å². The molecule has 0 aromatic rings. The molecule has 11 atom stereocenters. The van der Waals surface area contributed by atoms with Crippen molar-refractivity contribution in [2.75, 3.05) is 33.0 Å². The van der Waals surface area contributed by atoms with Crippen LogP contribution in [0.25, 0.3) is 0 Å². The number of hydrogen-bond acceptors (Lipinski definition) is 14. The maximum Gasteiger partial charge on any atom is 0.306 e. The van der Waals surface area contributed by atoms with E-state index in [1.807, 2.05) is 0 Å². The van der Waals surface area contributed by atoms with Crippen molar-refractivity contribution in [3.8, 4) is 0 Å². The van der Waals surface area contributed by atoms with Gasteiger partial charge < -0.3 is 64.2 Å². The molecule has 0 aromatic heterocycles. The van der Waals surface area contributed by atoms with Crippen molar-refractivity contribution in [2.24, 2.45) is 0 Å². The Hall–Kier alpha value is -2.57. The highest BCUT2D eigenvalue weighted by atomic mass is 16.7. The Bertz CT molecular complexity index is 1450. The summed E-state index contributed by atoms with van der Waals surface area (Å²) >= 11 is 0. The van der Waals surface area contributed by atoms with Gasteiger partial charge in [-0.3, -0.25) is 4.79 Å². The van der Waals surface area contributed by atoms with Gasteiger partial charge in [0.25, 0.3) is 0 Å². The summed E-state index contributed by atoms with van der Waals surface area (Å²) in [6, 6.07) is 0. The van der Waals surface area contributed by atoms with E-state index in [4.69, 9.17) is 28.4 Å². The van der Waals surface area contributed by atoms with Gasteiger partial charge in [-0.15, -0.1) is 0 Å². The summed E-state index contributed by atoms with van der Waals surface area (Å²) < 4.78 is 34.3. The molecule has 14 heteroatoms. The van der Waals surface area contributed by atoms with Crippen LogP contribution in [0.4, 0.5) is 0 Å². The Morgan fingerprint density at radius 1 is 0.479 bits per heavy atom. The fraction of sp³-hybridized carbons (Fsp3) is 0.772. The van der Waals surface area contributed by atoms with Crippen LogP contribution < -0.4 is 0 Å². The first-order chi connectivity index (χ1) is 34.6. The van der Waals surface area contributed by atoms with Gasteiger partial charge in [0.15, 0.2) is 12.6 Å². The highest BCUT2D eigenvalue weighted by molar-refractivity contribution is 5.69. The SMILES string of the molecule is CC/C=C\C/C=C\C/C=C\C/C=C\C/C=C\CCCCCCCCCCOCC(COC1OC(COC2OC(CO)C(O)C(O)C2O)C(O)C(O)C1O)OC(=O)CCCCCCC/C=C\CCCCCC. The topological polar surface area (TPSA) is 214 Å². The minimum atomic E-state index is -1.71. The molecule has 2 heterocycles. The number of rotatable bonds is 43. The molecular formula is C57H98O14. The van der Waals surface area contributed by atoms with Crippen LogP contribution in [0.1, 0.15) is 181 Å². The standard InChI is InChI=1S/C57H98O14/c1-3-5-7-9-11-13-15-17-18-19-20-21-22-23-24-25-26-27-29-31-33-35-37-39-41-66-43-46(69-49(59)40-38-36-34-32-30-28-16-14-12-10-8-6-4-2)44-67-56-55(65)53(63)51(61)48(71-56)45-68-57-54(64)52(62)50(60)47(42-58)70-57/h5,7,11,13-14,16-18,20-21,23-24,46-48,50-58,60-65H,3-4,6,8-10,12,15,19,22,25-45H2,1-2H3/b7-5-,13-11-,16-14-,18-17-,21-20-,24-23-. The molecule has 0 bridgehead atoms. The van der Waals surface area contributed by atoms with Gasteiger partial charge >= 0.3 is 5.97 Å². The van der Waals surface area contributed by atoms with Crippen molar-refractivity contribution in [1.29, 1.82) is 0 Å². The molecule has 0 aliphatic carbocycles. The predicted octanol–water partition coefficient (Wildman–Crippen LogP) is 9.08. The number of aliphatic hydroxyl groups excluding tert-OH is 7. The van der Waals surface area contributed by atoms with E-state index in [9.17, 15) is 40.5 Å². The summed E-state index contributed by atoms with van der Waals surface area (Å²) in [7, 11) is 0. The smallest absolute Gasteiger partial charge is 0.306 e. The number of carbonyl (C=O) groups is 1. The summed E-state index contributed by atoms with van der Waals surface area (Å²) in [5.41, 5.74) is 0. The second-order valence-corrected chi connectivity index (χ2v) is 19.0. The van der Waals surface area contributed by atoms with Crippen LogP contribution in [0.15, 0.2) is 72.9 Å². The van der Waals surface area contributed by atoms with Crippen LogP contribution in [0.3, 0.4) is 0 Å². The van der Waals surface area contributed by atoms with E-state index < -0.39 is 86.7 Å². The van der Waals surface area contributed by atoms with E-state index >= 15 is 0 Å². The lowest BCUT2D eigenvalue weighted by atomic mass is 9.98. The van der Waals surface area contributed by atoms with Crippen LogP contribution in [-0.2, 0) is 33.2 Å². The average Bonchev–Trinajstić information content (AvgIpc) is 3.37. The van der Waals surface area contributed by atoms with Gasteiger partial charge in [0.05, 0.1) is 26.4 Å². The first-order valence-electron chi connectivity index (χ1n) is 27.5. The van der Waals surface area contributed by atoms with Crippen molar-refractivity contribution < 1.29 is 69.0 Å². The van der Waals surface area contributed by atoms with E-state index in [0.29, 0.717) is 13.0 Å². The number of esters is 1. The fourth-order valence-electron chi connectivity index (χ4n) is 8.25.